The average molecular weight is 402 g/mol. The summed E-state index contributed by atoms with van der Waals surface area (Å²) in [6.45, 7) is 4.19. The summed E-state index contributed by atoms with van der Waals surface area (Å²) >= 11 is 1.69. The summed E-state index contributed by atoms with van der Waals surface area (Å²) in [6, 6.07) is 25.0. The molecule has 0 atom stereocenters. The van der Waals surface area contributed by atoms with Crippen molar-refractivity contribution in [3.63, 3.8) is 0 Å². The van der Waals surface area contributed by atoms with E-state index in [0.717, 1.165) is 33.7 Å². The molecule has 29 heavy (non-hydrogen) atoms. The van der Waals surface area contributed by atoms with Crippen LogP contribution in [0.1, 0.15) is 16.7 Å². The second-order valence-electron chi connectivity index (χ2n) is 6.98. The van der Waals surface area contributed by atoms with Gasteiger partial charge in [-0.15, -0.1) is 10.2 Å². The molecule has 0 saturated heterocycles. The molecule has 1 heterocycles. The Labute approximate surface area is 175 Å². The molecule has 0 saturated carbocycles. The maximum atomic E-state index is 5.40. The van der Waals surface area contributed by atoms with Crippen LogP contribution in [0.5, 0.6) is 5.75 Å². The van der Waals surface area contributed by atoms with Crippen LogP contribution in [0.3, 0.4) is 0 Å². The van der Waals surface area contributed by atoms with Gasteiger partial charge in [0, 0.05) is 17.0 Å². The van der Waals surface area contributed by atoms with Crippen molar-refractivity contribution in [2.24, 2.45) is 0 Å². The van der Waals surface area contributed by atoms with Gasteiger partial charge in [0.1, 0.15) is 5.75 Å². The minimum absolute atomic E-state index is 0.801. The molecule has 0 radical (unpaired) electrons. The van der Waals surface area contributed by atoms with Crippen LogP contribution in [-0.4, -0.2) is 21.9 Å². The molecule has 0 unspecified atom stereocenters. The molecule has 0 bridgehead atoms. The molecule has 0 aliphatic rings. The average Bonchev–Trinajstić information content (AvgIpc) is 3.18. The van der Waals surface area contributed by atoms with Crippen LogP contribution < -0.4 is 4.74 Å². The summed E-state index contributed by atoms with van der Waals surface area (Å²) in [6.07, 6.45) is 0. The van der Waals surface area contributed by atoms with Crippen molar-refractivity contribution in [1.29, 1.82) is 0 Å². The Morgan fingerprint density at radius 3 is 2.24 bits per heavy atom. The van der Waals surface area contributed by atoms with Crippen molar-refractivity contribution in [1.82, 2.24) is 14.8 Å². The summed E-state index contributed by atoms with van der Waals surface area (Å²) in [5.74, 6) is 2.44. The fraction of sp³-hybridized carbons (Fsp3) is 0.167. The highest BCUT2D eigenvalue weighted by molar-refractivity contribution is 7.98. The Balaban J connectivity index is 1.73. The molecule has 0 fully saturated rings. The Morgan fingerprint density at radius 1 is 0.862 bits per heavy atom. The number of ether oxygens (including phenoxy) is 1. The van der Waals surface area contributed by atoms with E-state index in [2.05, 4.69) is 77.1 Å². The van der Waals surface area contributed by atoms with E-state index < -0.39 is 0 Å². The number of rotatable bonds is 6. The molecule has 4 nitrogen and oxygen atoms in total. The van der Waals surface area contributed by atoms with Gasteiger partial charge in [-0.1, -0.05) is 71.4 Å². The molecule has 1 aromatic heterocycles. The van der Waals surface area contributed by atoms with Gasteiger partial charge in [-0.25, -0.2) is 0 Å². The van der Waals surface area contributed by atoms with Crippen molar-refractivity contribution in [3.05, 3.63) is 89.5 Å². The topological polar surface area (TPSA) is 39.9 Å². The summed E-state index contributed by atoms with van der Waals surface area (Å²) in [4.78, 5) is 0. The number of hydrogen-bond donors (Lipinski definition) is 0. The minimum Gasteiger partial charge on any atom is -0.497 e. The predicted molar refractivity (Wildman–Crippen MR) is 119 cm³/mol. The van der Waals surface area contributed by atoms with E-state index in [9.17, 15) is 0 Å². The van der Waals surface area contributed by atoms with E-state index in [-0.39, 0.29) is 0 Å². The fourth-order valence-corrected chi connectivity index (χ4v) is 3.98. The van der Waals surface area contributed by atoms with Crippen LogP contribution in [0.2, 0.25) is 0 Å². The summed E-state index contributed by atoms with van der Waals surface area (Å²) in [5.41, 5.74) is 5.77. The molecule has 0 aliphatic carbocycles. The van der Waals surface area contributed by atoms with Crippen molar-refractivity contribution >= 4 is 11.8 Å². The second-order valence-corrected chi connectivity index (χ2v) is 7.93. The number of methoxy groups -OCH3 is 1. The molecule has 146 valence electrons. The summed E-state index contributed by atoms with van der Waals surface area (Å²) < 4.78 is 7.51. The quantitative estimate of drug-likeness (QED) is 0.380. The number of aryl methyl sites for hydroxylation is 2. The standard InChI is InChI=1S/C24H23N3OS/c1-17-7-11-19(12-8-17)16-29-24-26-25-23(20-5-4-6-22(15-20)28-3)27(24)21-13-9-18(2)10-14-21/h4-15H,16H2,1-3H3. The maximum absolute atomic E-state index is 5.40. The van der Waals surface area contributed by atoms with Gasteiger partial charge in [-0.05, 0) is 43.7 Å². The molecule has 3 aromatic carbocycles. The lowest BCUT2D eigenvalue weighted by Crippen LogP contribution is -2.00. The van der Waals surface area contributed by atoms with Crippen LogP contribution in [0.15, 0.2) is 78.0 Å². The molecular weight excluding hydrogens is 378 g/mol. The van der Waals surface area contributed by atoms with E-state index >= 15 is 0 Å². The molecule has 0 spiro atoms. The first kappa shape index (κ1) is 19.3. The molecule has 4 rings (SSSR count). The molecule has 0 amide bonds. The fourth-order valence-electron chi connectivity index (χ4n) is 3.07. The van der Waals surface area contributed by atoms with Gasteiger partial charge in [0.15, 0.2) is 11.0 Å². The number of nitrogens with zero attached hydrogens (tertiary/aromatic N) is 3. The summed E-state index contributed by atoms with van der Waals surface area (Å²) in [7, 11) is 1.67. The second kappa shape index (κ2) is 8.53. The summed E-state index contributed by atoms with van der Waals surface area (Å²) in [5, 5.41) is 9.91. The first-order chi connectivity index (χ1) is 14.1. The van der Waals surface area contributed by atoms with Crippen LogP contribution in [-0.2, 0) is 5.75 Å². The smallest absolute Gasteiger partial charge is 0.196 e. The van der Waals surface area contributed by atoms with Gasteiger partial charge in [-0.3, -0.25) is 4.57 Å². The third-order valence-electron chi connectivity index (χ3n) is 4.74. The minimum atomic E-state index is 0.801. The Bertz CT molecular complexity index is 1100. The monoisotopic (exact) mass is 401 g/mol. The van der Waals surface area contributed by atoms with Crippen molar-refractivity contribution < 1.29 is 4.74 Å². The largest absolute Gasteiger partial charge is 0.497 e. The molecule has 4 aromatic rings. The third kappa shape index (κ3) is 4.35. The van der Waals surface area contributed by atoms with E-state index in [1.807, 2.05) is 24.3 Å². The highest BCUT2D eigenvalue weighted by Crippen LogP contribution is 2.31. The van der Waals surface area contributed by atoms with E-state index in [1.54, 1.807) is 18.9 Å². The number of benzene rings is 3. The van der Waals surface area contributed by atoms with Crippen LogP contribution in [0.4, 0.5) is 0 Å². The predicted octanol–water partition coefficient (Wildman–Crippen LogP) is 5.85. The van der Waals surface area contributed by atoms with Crippen LogP contribution >= 0.6 is 11.8 Å². The van der Waals surface area contributed by atoms with Crippen molar-refractivity contribution in [2.45, 2.75) is 24.8 Å². The van der Waals surface area contributed by atoms with E-state index in [0.29, 0.717) is 0 Å². The lowest BCUT2D eigenvalue weighted by Gasteiger charge is -2.11. The molecule has 0 aliphatic heterocycles. The van der Waals surface area contributed by atoms with Crippen molar-refractivity contribution in [2.75, 3.05) is 7.11 Å². The number of thioether (sulfide) groups is 1. The zero-order chi connectivity index (χ0) is 20.2. The van der Waals surface area contributed by atoms with Crippen LogP contribution in [0, 0.1) is 13.8 Å². The SMILES string of the molecule is COc1cccc(-c2nnc(SCc3ccc(C)cc3)n2-c2ccc(C)cc2)c1. The molecule has 5 heteroatoms. The van der Waals surface area contributed by atoms with E-state index in [1.165, 1.54) is 16.7 Å². The zero-order valence-electron chi connectivity index (χ0n) is 16.8. The van der Waals surface area contributed by atoms with E-state index in [4.69, 9.17) is 4.74 Å². The van der Waals surface area contributed by atoms with Gasteiger partial charge in [0.2, 0.25) is 0 Å². The van der Waals surface area contributed by atoms with Crippen molar-refractivity contribution in [3.8, 4) is 22.8 Å². The Kier molecular flexibility index (Phi) is 5.67. The highest BCUT2D eigenvalue weighted by Gasteiger charge is 2.17. The van der Waals surface area contributed by atoms with Crippen LogP contribution in [0.25, 0.3) is 17.1 Å². The lowest BCUT2D eigenvalue weighted by atomic mass is 10.2. The number of aromatic nitrogens is 3. The van der Waals surface area contributed by atoms with Gasteiger partial charge >= 0.3 is 0 Å². The van der Waals surface area contributed by atoms with Gasteiger partial charge in [-0.2, -0.15) is 0 Å². The first-order valence-corrected chi connectivity index (χ1v) is 10.5. The highest BCUT2D eigenvalue weighted by atomic mass is 32.2. The Hall–Kier alpha value is -3.05. The van der Waals surface area contributed by atoms with Gasteiger partial charge < -0.3 is 4.74 Å². The third-order valence-corrected chi connectivity index (χ3v) is 5.74. The van der Waals surface area contributed by atoms with Gasteiger partial charge in [0.05, 0.1) is 7.11 Å². The van der Waals surface area contributed by atoms with Gasteiger partial charge in [0.25, 0.3) is 0 Å². The molecule has 0 N–H and O–H groups in total. The Morgan fingerprint density at radius 2 is 1.55 bits per heavy atom. The first-order valence-electron chi connectivity index (χ1n) is 9.49. The normalized spacial score (nSPS) is 10.9. The molecular formula is C24H23N3OS. The lowest BCUT2D eigenvalue weighted by molar-refractivity contribution is 0.415. The maximum Gasteiger partial charge on any atom is 0.196 e. The zero-order valence-corrected chi connectivity index (χ0v) is 17.6. The number of hydrogen-bond acceptors (Lipinski definition) is 4.